The second-order valence-corrected chi connectivity index (χ2v) is 30.5. The average molecular weight is 1350 g/mol. The van der Waals surface area contributed by atoms with E-state index >= 15 is 0 Å². The summed E-state index contributed by atoms with van der Waals surface area (Å²) in [5.41, 5.74) is 27.9. The van der Waals surface area contributed by atoms with Crippen LogP contribution in [0.5, 0.6) is 0 Å². The van der Waals surface area contributed by atoms with E-state index in [2.05, 4.69) is 352 Å². The lowest BCUT2D eigenvalue weighted by Gasteiger charge is -2.40. The molecule has 0 saturated heterocycles. The molecule has 7 heteroatoms. The summed E-state index contributed by atoms with van der Waals surface area (Å²) < 4.78 is 33.5. The van der Waals surface area contributed by atoms with Gasteiger partial charge in [-0.15, -0.1) is 0 Å². The van der Waals surface area contributed by atoms with Crippen LogP contribution >= 0.6 is 0 Å². The summed E-state index contributed by atoms with van der Waals surface area (Å²) in [6, 6.07) is 112. The van der Waals surface area contributed by atoms with Crippen LogP contribution in [0.2, 0.25) is 0 Å². The highest BCUT2D eigenvalue weighted by Gasteiger charge is 2.55. The number of benzene rings is 15. The van der Waals surface area contributed by atoms with E-state index < -0.39 is 10.8 Å². The fourth-order valence-electron chi connectivity index (χ4n) is 19.1. The number of rotatable bonds is 5. The third-order valence-corrected chi connectivity index (χ3v) is 23.7. The second kappa shape index (κ2) is 20.8. The van der Waals surface area contributed by atoms with Crippen molar-refractivity contribution in [3.63, 3.8) is 0 Å². The van der Waals surface area contributed by atoms with Crippen LogP contribution in [0.3, 0.4) is 0 Å². The Morgan fingerprint density at radius 2 is 0.886 bits per heavy atom. The molecule has 496 valence electrons. The number of furan rings is 4. The second-order valence-electron chi connectivity index (χ2n) is 30.5. The molecular weight excluding hydrogens is 1280 g/mol. The molecule has 3 aliphatic rings. The van der Waals surface area contributed by atoms with Gasteiger partial charge in [0.1, 0.15) is 33.5 Å². The Morgan fingerprint density at radius 3 is 1.69 bits per heavy atom. The molecule has 7 nitrogen and oxygen atoms in total. The zero-order valence-electron chi connectivity index (χ0n) is 58.3. The van der Waals surface area contributed by atoms with E-state index in [0.717, 1.165) is 205 Å². The third-order valence-electron chi connectivity index (χ3n) is 23.7. The lowest BCUT2D eigenvalue weighted by atomic mass is 9.65. The molecule has 1 atom stereocenters. The van der Waals surface area contributed by atoms with E-state index in [1.165, 1.54) is 16.3 Å². The molecule has 1 unspecified atom stereocenters. The van der Waals surface area contributed by atoms with Crippen molar-refractivity contribution in [2.75, 3.05) is 9.80 Å². The van der Waals surface area contributed by atoms with Gasteiger partial charge in [-0.1, -0.05) is 271 Å². The van der Waals surface area contributed by atoms with E-state index in [-0.39, 0.29) is 5.41 Å². The lowest BCUT2D eigenvalue weighted by molar-refractivity contribution is 0.573. The highest BCUT2D eigenvalue weighted by Crippen LogP contribution is 2.68. The predicted octanol–water partition coefficient (Wildman–Crippen LogP) is 27.3. The Hall–Kier alpha value is -13.1. The normalized spacial score (nSPS) is 15.0. The summed E-state index contributed by atoms with van der Waals surface area (Å²) in [6.45, 7) is 11.5. The van der Waals surface area contributed by atoms with Crippen molar-refractivity contribution < 1.29 is 17.7 Å². The van der Waals surface area contributed by atoms with Crippen molar-refractivity contribution in [2.24, 2.45) is 0 Å². The maximum atomic E-state index is 7.91. The number of para-hydroxylation sites is 10. The first-order valence-corrected chi connectivity index (χ1v) is 36.5. The summed E-state index contributed by atoms with van der Waals surface area (Å²) in [5, 5.41) is 10.5. The van der Waals surface area contributed by atoms with Crippen LogP contribution in [-0.4, -0.2) is 4.57 Å². The molecule has 0 saturated carbocycles. The fraction of sp³-hybridized carbons (Fsp3) is 0.0816. The first kappa shape index (κ1) is 58.5. The Kier molecular flexibility index (Phi) is 11.6. The van der Waals surface area contributed by atoms with E-state index in [0.29, 0.717) is 0 Å². The molecule has 1 aliphatic carbocycles. The van der Waals surface area contributed by atoms with Crippen molar-refractivity contribution in [3.05, 3.63) is 342 Å². The van der Waals surface area contributed by atoms with Gasteiger partial charge in [-0.2, -0.15) is 0 Å². The number of hydrogen-bond acceptors (Lipinski definition) is 6. The van der Waals surface area contributed by atoms with Gasteiger partial charge in [0.25, 0.3) is 0 Å². The number of fused-ring (bicyclic) bond motifs is 28. The van der Waals surface area contributed by atoms with E-state index in [1.54, 1.807) is 0 Å². The summed E-state index contributed by atoms with van der Waals surface area (Å²) >= 11 is 0. The van der Waals surface area contributed by atoms with Gasteiger partial charge in [-0.3, -0.25) is 0 Å². The van der Waals surface area contributed by atoms with Gasteiger partial charge >= 0.3 is 0 Å². The molecule has 7 heterocycles. The fourth-order valence-corrected chi connectivity index (χ4v) is 19.1. The molecule has 5 aromatic heterocycles. The van der Waals surface area contributed by atoms with Crippen LogP contribution in [0.1, 0.15) is 73.6 Å². The quantitative estimate of drug-likeness (QED) is 0.171. The van der Waals surface area contributed by atoms with Crippen molar-refractivity contribution in [3.8, 4) is 39.1 Å². The number of nitrogens with zero attached hydrogens (tertiary/aromatic N) is 3. The first-order valence-electron chi connectivity index (χ1n) is 36.5. The minimum absolute atomic E-state index is 0.208. The molecule has 0 fully saturated rings. The van der Waals surface area contributed by atoms with E-state index in [4.69, 9.17) is 17.7 Å². The van der Waals surface area contributed by atoms with Gasteiger partial charge in [0.05, 0.1) is 61.3 Å². The lowest BCUT2D eigenvalue weighted by Crippen LogP contribution is -2.34. The summed E-state index contributed by atoms with van der Waals surface area (Å²) in [5.74, 6) is 0. The van der Waals surface area contributed by atoms with Crippen molar-refractivity contribution in [2.45, 2.75) is 50.9 Å². The Morgan fingerprint density at radius 1 is 0.333 bits per heavy atom. The maximum absolute atomic E-state index is 7.91. The van der Waals surface area contributed by atoms with Crippen LogP contribution in [0, 0.1) is 0 Å². The first-order chi connectivity index (χ1) is 51.5. The maximum Gasteiger partial charge on any atom is 0.159 e. The molecule has 4 bridgehead atoms. The highest BCUT2D eigenvalue weighted by atomic mass is 16.3. The molecule has 0 radical (unpaired) electrons. The van der Waals surface area contributed by atoms with Crippen molar-refractivity contribution in [1.82, 2.24) is 4.57 Å². The minimum atomic E-state index is -1.11. The van der Waals surface area contributed by atoms with Crippen molar-refractivity contribution in [1.29, 1.82) is 0 Å². The van der Waals surface area contributed by atoms with Crippen LogP contribution < -0.4 is 9.80 Å². The topological polar surface area (TPSA) is 64.0 Å². The predicted molar refractivity (Wildman–Crippen MR) is 432 cm³/mol. The van der Waals surface area contributed by atoms with Crippen LogP contribution in [0.4, 0.5) is 34.1 Å². The van der Waals surface area contributed by atoms with Gasteiger partial charge in [-0.25, -0.2) is 0 Å². The summed E-state index contributed by atoms with van der Waals surface area (Å²) in [4.78, 5) is 4.99. The van der Waals surface area contributed by atoms with Gasteiger partial charge in [0.2, 0.25) is 0 Å². The molecule has 105 heavy (non-hydrogen) atoms. The Labute approximate surface area is 604 Å². The summed E-state index contributed by atoms with van der Waals surface area (Å²) in [6.07, 6.45) is 0. The number of hydrogen-bond donors (Lipinski definition) is 0. The zero-order chi connectivity index (χ0) is 69.5. The van der Waals surface area contributed by atoms with Gasteiger partial charge in [0.15, 0.2) is 11.2 Å². The molecular formula is C98H65N3O4. The van der Waals surface area contributed by atoms with E-state index in [9.17, 15) is 0 Å². The Balaban J connectivity index is 0.926. The molecule has 0 amide bonds. The monoisotopic (exact) mass is 1350 g/mol. The van der Waals surface area contributed by atoms with Crippen LogP contribution in [0.25, 0.3) is 149 Å². The van der Waals surface area contributed by atoms with Crippen LogP contribution in [-0.2, 0) is 16.2 Å². The van der Waals surface area contributed by atoms with E-state index in [1.807, 2.05) is 0 Å². The zero-order valence-corrected chi connectivity index (χ0v) is 58.3. The number of anilines is 6. The molecule has 15 aromatic carbocycles. The molecule has 2 aliphatic heterocycles. The van der Waals surface area contributed by atoms with Gasteiger partial charge < -0.3 is 32.0 Å². The number of aromatic nitrogens is 1. The van der Waals surface area contributed by atoms with Crippen LogP contribution in [0.15, 0.2) is 321 Å². The summed E-state index contributed by atoms with van der Waals surface area (Å²) in [7, 11) is 0. The molecule has 23 rings (SSSR count). The third kappa shape index (κ3) is 7.68. The van der Waals surface area contributed by atoms with Gasteiger partial charge in [0, 0.05) is 82.0 Å². The SMILES string of the molecule is CC(C)(C)c1cccc2c1oc1c(N(c3cccc(-c4ccccc4)c3)c3cc4c(c5oc6ccccc6c35)-c3c(cc(N5c6ccccc6-c6cccc(c6)C(C)(C)c6cccc7c6oc6c5cccc67)c5c3oc3ccccc35)C43c4ccccc4-n4c5ccccc5c5cccc3c54)cccc12. The molecule has 1 spiro atoms. The highest BCUT2D eigenvalue weighted by molar-refractivity contribution is 6.27. The Bertz CT molecular complexity index is 7210. The smallest absolute Gasteiger partial charge is 0.159 e. The molecule has 20 aromatic rings. The standard InChI is InChI=1S/C98H65N3O4/c1-96(2,3)72-43-22-37-64-66-39-24-48-79(92(66)104-90(64)72)99(60-31-20-28-57(53-60)56-26-7-6-8-27-56)81-54-74-87(94-85(81)68-34-11-17-50-83(68)102-94)88-75(98(74)70-41-13-16-47-78(70)101-77-46-15-10-33-62(77)63-36-21-42-71(98)89(63)101)55-82(86-69-35-12-18-51-84(69)103-95(86)88)100-76-45-14-9-32-61(76)58-29-19-30-59(52-58)97(4,5)73-44-23-38-65-67-40-25-49-80(100)93(67)105-91(65)73/h6-55H,1-5H3. The van der Waals surface area contributed by atoms with Gasteiger partial charge in [-0.05, 0) is 117 Å². The largest absolute Gasteiger partial charge is 0.455 e. The average Bonchev–Trinajstić information content (AvgIpc) is 1.49. The minimum Gasteiger partial charge on any atom is -0.455 e. The molecule has 0 N–H and O–H groups in total. The van der Waals surface area contributed by atoms with Crippen molar-refractivity contribution >= 4 is 144 Å².